The minimum absolute atomic E-state index is 0.642. The molecule has 3 heterocycles. The van der Waals surface area contributed by atoms with Crippen LogP contribution in [0.15, 0.2) is 5.38 Å². The number of nitrogens with one attached hydrogen (secondary N) is 1. The van der Waals surface area contributed by atoms with Gasteiger partial charge < -0.3 is 10.1 Å². The van der Waals surface area contributed by atoms with Crippen LogP contribution >= 0.6 is 11.3 Å². The second kappa shape index (κ2) is 6.13. The molecule has 3 nitrogen and oxygen atoms in total. The topological polar surface area (TPSA) is 34.2 Å². The maximum absolute atomic E-state index is 5.42. The monoisotopic (exact) mass is 266 g/mol. The van der Waals surface area contributed by atoms with Gasteiger partial charge in [0, 0.05) is 37.0 Å². The lowest BCUT2D eigenvalue weighted by atomic mass is 9.97. The first-order valence-corrected chi connectivity index (χ1v) is 8.05. The number of hydrogen-bond donors (Lipinski definition) is 1. The quantitative estimate of drug-likeness (QED) is 0.913. The van der Waals surface area contributed by atoms with Crippen molar-refractivity contribution in [1.29, 1.82) is 0 Å². The van der Waals surface area contributed by atoms with E-state index < -0.39 is 0 Å². The smallest absolute Gasteiger partial charge is 0.0943 e. The second-order valence-corrected chi connectivity index (χ2v) is 6.35. The Labute approximate surface area is 113 Å². The molecular formula is C14H22N2OS. The minimum atomic E-state index is 0.642. The molecule has 0 spiro atoms. The van der Waals surface area contributed by atoms with Crippen LogP contribution in [0, 0.1) is 0 Å². The van der Waals surface area contributed by atoms with Gasteiger partial charge in [0.15, 0.2) is 0 Å². The van der Waals surface area contributed by atoms with E-state index in [1.165, 1.54) is 36.5 Å². The molecule has 3 rings (SSSR count). The van der Waals surface area contributed by atoms with Crippen LogP contribution in [0.3, 0.4) is 0 Å². The Morgan fingerprint density at radius 2 is 2.17 bits per heavy atom. The summed E-state index contributed by atoms with van der Waals surface area (Å²) in [5.41, 5.74) is 1.31. The molecule has 2 aliphatic heterocycles. The van der Waals surface area contributed by atoms with Crippen molar-refractivity contribution in [3.63, 3.8) is 0 Å². The van der Waals surface area contributed by atoms with Crippen LogP contribution in [0.4, 0.5) is 0 Å². The fraction of sp³-hybridized carbons (Fsp3) is 0.786. The van der Waals surface area contributed by atoms with Crippen molar-refractivity contribution < 1.29 is 4.74 Å². The SMILES string of the molecule is c1sc(CC2CCCCN2)nc1C1CCOCC1. The third-order valence-corrected chi connectivity index (χ3v) is 4.93. The van der Waals surface area contributed by atoms with E-state index in [-0.39, 0.29) is 0 Å². The number of nitrogens with zero attached hydrogens (tertiary/aromatic N) is 1. The molecule has 1 aromatic rings. The molecule has 2 saturated heterocycles. The standard InChI is InChI=1S/C14H22N2OS/c1-2-6-15-12(3-1)9-14-16-13(10-18-14)11-4-7-17-8-5-11/h10-12,15H,1-9H2. The number of piperidine rings is 1. The lowest BCUT2D eigenvalue weighted by molar-refractivity contribution is 0.0846. The molecule has 0 aliphatic carbocycles. The zero-order valence-corrected chi connectivity index (χ0v) is 11.7. The Bertz CT molecular complexity index is 368. The number of rotatable bonds is 3. The van der Waals surface area contributed by atoms with Crippen LogP contribution in [-0.2, 0) is 11.2 Å². The number of aromatic nitrogens is 1. The Hall–Kier alpha value is -0.450. The zero-order valence-electron chi connectivity index (χ0n) is 10.9. The number of ether oxygens (including phenoxy) is 1. The van der Waals surface area contributed by atoms with Gasteiger partial charge >= 0.3 is 0 Å². The molecule has 1 unspecified atom stereocenters. The first-order valence-electron chi connectivity index (χ1n) is 7.17. The van der Waals surface area contributed by atoms with Gasteiger partial charge in [-0.1, -0.05) is 6.42 Å². The highest BCUT2D eigenvalue weighted by Gasteiger charge is 2.20. The first-order chi connectivity index (χ1) is 8.92. The molecule has 2 fully saturated rings. The van der Waals surface area contributed by atoms with Crippen LogP contribution in [0.1, 0.15) is 48.7 Å². The minimum Gasteiger partial charge on any atom is -0.381 e. The van der Waals surface area contributed by atoms with Crippen molar-refractivity contribution >= 4 is 11.3 Å². The van der Waals surface area contributed by atoms with Crippen LogP contribution in [-0.4, -0.2) is 30.8 Å². The van der Waals surface area contributed by atoms with Crippen molar-refractivity contribution in [2.45, 2.75) is 50.5 Å². The molecule has 0 amide bonds. The Kier molecular flexibility index (Phi) is 4.28. The van der Waals surface area contributed by atoms with Gasteiger partial charge in [-0.15, -0.1) is 11.3 Å². The second-order valence-electron chi connectivity index (χ2n) is 5.40. The van der Waals surface area contributed by atoms with Gasteiger partial charge in [0.25, 0.3) is 0 Å². The third kappa shape index (κ3) is 3.11. The summed E-state index contributed by atoms with van der Waals surface area (Å²) in [7, 11) is 0. The van der Waals surface area contributed by atoms with Crippen molar-refractivity contribution in [3.8, 4) is 0 Å². The fourth-order valence-corrected chi connectivity index (χ4v) is 3.87. The predicted octanol–water partition coefficient (Wildman–Crippen LogP) is 2.72. The van der Waals surface area contributed by atoms with Crippen LogP contribution in [0.5, 0.6) is 0 Å². The van der Waals surface area contributed by atoms with Gasteiger partial charge in [0.05, 0.1) is 10.7 Å². The molecule has 4 heteroatoms. The Balaban J connectivity index is 1.58. The van der Waals surface area contributed by atoms with Gasteiger partial charge in [0.1, 0.15) is 0 Å². The van der Waals surface area contributed by atoms with E-state index in [9.17, 15) is 0 Å². The van der Waals surface area contributed by atoms with Crippen molar-refractivity contribution in [2.75, 3.05) is 19.8 Å². The maximum Gasteiger partial charge on any atom is 0.0943 e. The van der Waals surface area contributed by atoms with Crippen molar-refractivity contribution in [3.05, 3.63) is 16.1 Å². The first kappa shape index (κ1) is 12.6. The van der Waals surface area contributed by atoms with E-state index in [2.05, 4.69) is 10.7 Å². The highest BCUT2D eigenvalue weighted by atomic mass is 32.1. The Morgan fingerprint density at radius 3 is 2.94 bits per heavy atom. The lowest BCUT2D eigenvalue weighted by Gasteiger charge is -2.22. The molecule has 1 aromatic heterocycles. The normalized spacial score (nSPS) is 26.3. The molecule has 0 aromatic carbocycles. The summed E-state index contributed by atoms with van der Waals surface area (Å²) in [6.45, 7) is 2.99. The molecular weight excluding hydrogens is 244 g/mol. The summed E-state index contributed by atoms with van der Waals surface area (Å²) >= 11 is 1.84. The molecule has 100 valence electrons. The van der Waals surface area contributed by atoms with Gasteiger partial charge in [-0.3, -0.25) is 0 Å². The van der Waals surface area contributed by atoms with E-state index in [4.69, 9.17) is 9.72 Å². The summed E-state index contributed by atoms with van der Waals surface area (Å²) in [5.74, 6) is 0.642. The van der Waals surface area contributed by atoms with Crippen LogP contribution < -0.4 is 5.32 Å². The highest BCUT2D eigenvalue weighted by molar-refractivity contribution is 7.09. The number of thiazole rings is 1. The van der Waals surface area contributed by atoms with Crippen molar-refractivity contribution in [2.24, 2.45) is 0 Å². The molecule has 0 saturated carbocycles. The molecule has 0 radical (unpaired) electrons. The summed E-state index contributed by atoms with van der Waals surface area (Å²) in [4.78, 5) is 4.85. The van der Waals surface area contributed by atoms with E-state index in [1.807, 2.05) is 11.3 Å². The zero-order chi connectivity index (χ0) is 12.2. The summed E-state index contributed by atoms with van der Waals surface area (Å²) in [5, 5.41) is 7.19. The maximum atomic E-state index is 5.42. The van der Waals surface area contributed by atoms with Gasteiger partial charge in [-0.2, -0.15) is 0 Å². The van der Waals surface area contributed by atoms with Gasteiger partial charge in [0.2, 0.25) is 0 Å². The number of hydrogen-bond acceptors (Lipinski definition) is 4. The molecule has 18 heavy (non-hydrogen) atoms. The predicted molar refractivity (Wildman–Crippen MR) is 74.3 cm³/mol. The van der Waals surface area contributed by atoms with E-state index in [1.54, 1.807) is 0 Å². The summed E-state index contributed by atoms with van der Waals surface area (Å²) in [6, 6.07) is 0.660. The van der Waals surface area contributed by atoms with Gasteiger partial charge in [-0.25, -0.2) is 4.98 Å². The highest BCUT2D eigenvalue weighted by Crippen LogP contribution is 2.28. The van der Waals surface area contributed by atoms with Crippen LogP contribution in [0.25, 0.3) is 0 Å². The average Bonchev–Trinajstić information content (AvgIpc) is 2.89. The molecule has 2 aliphatic rings. The van der Waals surface area contributed by atoms with E-state index >= 15 is 0 Å². The fourth-order valence-electron chi connectivity index (χ4n) is 2.91. The third-order valence-electron chi connectivity index (χ3n) is 4.04. The largest absolute Gasteiger partial charge is 0.381 e. The lowest BCUT2D eigenvalue weighted by Crippen LogP contribution is -2.35. The van der Waals surface area contributed by atoms with Crippen LogP contribution in [0.2, 0.25) is 0 Å². The molecule has 1 N–H and O–H groups in total. The Morgan fingerprint density at radius 1 is 1.28 bits per heavy atom. The summed E-state index contributed by atoms with van der Waals surface area (Å²) < 4.78 is 5.42. The van der Waals surface area contributed by atoms with E-state index in [0.717, 1.165) is 32.5 Å². The van der Waals surface area contributed by atoms with Crippen molar-refractivity contribution in [1.82, 2.24) is 10.3 Å². The molecule has 1 atom stereocenters. The summed E-state index contributed by atoms with van der Waals surface area (Å²) in [6.07, 6.45) is 7.42. The molecule has 0 bridgehead atoms. The van der Waals surface area contributed by atoms with E-state index in [0.29, 0.717) is 12.0 Å². The van der Waals surface area contributed by atoms with Gasteiger partial charge in [-0.05, 0) is 32.2 Å². The average molecular weight is 266 g/mol.